The number of nitrogens with zero attached hydrogens (tertiary/aromatic N) is 3. The number of hydrogen-bond acceptors (Lipinski definition) is 4. The first-order valence-electron chi connectivity index (χ1n) is 11.1. The normalized spacial score (nSPS) is 28.3. The minimum atomic E-state index is 0.163. The van der Waals surface area contributed by atoms with E-state index in [-0.39, 0.29) is 5.54 Å². The summed E-state index contributed by atoms with van der Waals surface area (Å²) in [5.41, 5.74) is 0.163. The standard InChI is InChI=1S/C21H41N5O/c1-22-20(23-17-21(25(2)3)11-14-27-15-12-21)24-18-8-7-13-26(16-18)19-9-5-4-6-10-19/h18-19H,4-17H2,1-3H3,(H2,22,23,24). The van der Waals surface area contributed by atoms with Crippen LogP contribution in [-0.2, 0) is 4.74 Å². The molecule has 3 fully saturated rings. The molecule has 27 heavy (non-hydrogen) atoms. The molecule has 3 aliphatic rings. The predicted molar refractivity (Wildman–Crippen MR) is 112 cm³/mol. The molecule has 0 bridgehead atoms. The van der Waals surface area contributed by atoms with Gasteiger partial charge < -0.3 is 20.3 Å². The molecule has 0 radical (unpaired) electrons. The maximum Gasteiger partial charge on any atom is 0.191 e. The third-order valence-corrected chi connectivity index (χ3v) is 7.07. The number of hydrogen-bond donors (Lipinski definition) is 2. The summed E-state index contributed by atoms with van der Waals surface area (Å²) in [5, 5.41) is 7.34. The van der Waals surface area contributed by atoms with Crippen LogP contribution in [0.5, 0.6) is 0 Å². The fraction of sp³-hybridized carbons (Fsp3) is 0.952. The molecule has 0 spiro atoms. The van der Waals surface area contributed by atoms with Crippen molar-refractivity contribution in [3.63, 3.8) is 0 Å². The first-order chi connectivity index (χ1) is 13.1. The lowest BCUT2D eigenvalue weighted by Crippen LogP contribution is -2.59. The number of ether oxygens (including phenoxy) is 1. The molecule has 1 aliphatic carbocycles. The number of guanidine groups is 1. The van der Waals surface area contributed by atoms with Gasteiger partial charge in [0.1, 0.15) is 0 Å². The summed E-state index contributed by atoms with van der Waals surface area (Å²) in [4.78, 5) is 9.63. The van der Waals surface area contributed by atoms with Crippen molar-refractivity contribution >= 4 is 5.96 Å². The van der Waals surface area contributed by atoms with E-state index in [0.717, 1.165) is 51.1 Å². The number of piperidine rings is 1. The Morgan fingerprint density at radius 2 is 1.85 bits per heavy atom. The van der Waals surface area contributed by atoms with Crippen LogP contribution in [0, 0.1) is 0 Å². The first-order valence-corrected chi connectivity index (χ1v) is 11.1. The van der Waals surface area contributed by atoms with Gasteiger partial charge in [-0.2, -0.15) is 0 Å². The number of nitrogens with one attached hydrogen (secondary N) is 2. The molecule has 2 heterocycles. The van der Waals surface area contributed by atoms with E-state index >= 15 is 0 Å². The van der Waals surface area contributed by atoms with E-state index < -0.39 is 0 Å². The molecule has 6 nitrogen and oxygen atoms in total. The van der Waals surface area contributed by atoms with E-state index in [1.165, 1.54) is 51.5 Å². The zero-order valence-electron chi connectivity index (χ0n) is 17.8. The maximum absolute atomic E-state index is 5.59. The summed E-state index contributed by atoms with van der Waals surface area (Å²) in [5.74, 6) is 0.957. The van der Waals surface area contributed by atoms with Gasteiger partial charge in [0.05, 0.1) is 0 Å². The Morgan fingerprint density at radius 1 is 1.11 bits per heavy atom. The molecule has 1 unspecified atom stereocenters. The van der Waals surface area contributed by atoms with Crippen molar-refractivity contribution in [2.75, 3.05) is 54.0 Å². The number of aliphatic imine (C=N–C) groups is 1. The minimum Gasteiger partial charge on any atom is -0.381 e. The van der Waals surface area contributed by atoms with Gasteiger partial charge in [-0.05, 0) is 59.2 Å². The van der Waals surface area contributed by atoms with E-state index in [2.05, 4.69) is 39.5 Å². The largest absolute Gasteiger partial charge is 0.381 e. The molecular weight excluding hydrogens is 338 g/mol. The van der Waals surface area contributed by atoms with Crippen LogP contribution in [0.15, 0.2) is 4.99 Å². The average Bonchev–Trinajstić information content (AvgIpc) is 2.72. The van der Waals surface area contributed by atoms with Gasteiger partial charge in [-0.1, -0.05) is 19.3 Å². The van der Waals surface area contributed by atoms with Crippen LogP contribution in [0.4, 0.5) is 0 Å². The van der Waals surface area contributed by atoms with Crippen LogP contribution < -0.4 is 10.6 Å². The molecule has 0 aromatic carbocycles. The molecule has 3 rings (SSSR count). The van der Waals surface area contributed by atoms with Gasteiger partial charge in [-0.25, -0.2) is 0 Å². The second-order valence-corrected chi connectivity index (χ2v) is 8.93. The highest BCUT2D eigenvalue weighted by Gasteiger charge is 2.35. The number of rotatable bonds is 5. The van der Waals surface area contributed by atoms with Crippen LogP contribution in [-0.4, -0.2) is 87.4 Å². The quantitative estimate of drug-likeness (QED) is 0.566. The van der Waals surface area contributed by atoms with E-state index in [9.17, 15) is 0 Å². The van der Waals surface area contributed by atoms with Gasteiger partial charge in [-0.15, -0.1) is 0 Å². The molecule has 0 aromatic heterocycles. The van der Waals surface area contributed by atoms with Gasteiger partial charge in [0.25, 0.3) is 0 Å². The zero-order valence-corrected chi connectivity index (χ0v) is 17.8. The van der Waals surface area contributed by atoms with Crippen molar-refractivity contribution in [3.8, 4) is 0 Å². The second-order valence-electron chi connectivity index (χ2n) is 8.93. The highest BCUT2D eigenvalue weighted by atomic mass is 16.5. The zero-order chi connectivity index (χ0) is 19.1. The Bertz CT molecular complexity index is 469. The molecule has 156 valence electrons. The molecule has 2 N–H and O–H groups in total. The summed E-state index contributed by atoms with van der Waals surface area (Å²) in [6.07, 6.45) is 11.7. The monoisotopic (exact) mass is 379 g/mol. The molecule has 2 saturated heterocycles. The lowest BCUT2D eigenvalue weighted by atomic mass is 9.88. The molecule has 0 aromatic rings. The van der Waals surface area contributed by atoms with E-state index in [1.807, 2.05) is 7.05 Å². The Kier molecular flexibility index (Phi) is 7.79. The molecule has 6 heteroatoms. The van der Waals surface area contributed by atoms with Crippen molar-refractivity contribution in [1.29, 1.82) is 0 Å². The minimum absolute atomic E-state index is 0.163. The van der Waals surface area contributed by atoms with Crippen molar-refractivity contribution < 1.29 is 4.74 Å². The summed E-state index contributed by atoms with van der Waals surface area (Å²) in [7, 11) is 6.27. The van der Waals surface area contributed by atoms with Gasteiger partial charge in [0.2, 0.25) is 0 Å². The Hall–Kier alpha value is -0.850. The Balaban J connectivity index is 1.50. The third-order valence-electron chi connectivity index (χ3n) is 7.07. The third kappa shape index (κ3) is 5.58. The van der Waals surface area contributed by atoms with Gasteiger partial charge in [0.15, 0.2) is 5.96 Å². The van der Waals surface area contributed by atoms with Gasteiger partial charge >= 0.3 is 0 Å². The lowest BCUT2D eigenvalue weighted by molar-refractivity contribution is -0.00505. The highest BCUT2D eigenvalue weighted by Crippen LogP contribution is 2.26. The summed E-state index contributed by atoms with van der Waals surface area (Å²) >= 11 is 0. The summed E-state index contributed by atoms with van der Waals surface area (Å²) < 4.78 is 5.59. The van der Waals surface area contributed by atoms with Crippen LogP contribution in [0.3, 0.4) is 0 Å². The van der Waals surface area contributed by atoms with Crippen molar-refractivity contribution in [2.24, 2.45) is 4.99 Å². The van der Waals surface area contributed by atoms with E-state index in [4.69, 9.17) is 4.74 Å². The van der Waals surface area contributed by atoms with Gasteiger partial charge in [-0.3, -0.25) is 9.89 Å². The Labute approximate surface area is 166 Å². The summed E-state index contributed by atoms with van der Waals surface area (Å²) in [6, 6.07) is 1.33. The fourth-order valence-corrected chi connectivity index (χ4v) is 5.07. The van der Waals surface area contributed by atoms with Gasteiger partial charge in [0, 0.05) is 51.0 Å². The predicted octanol–water partition coefficient (Wildman–Crippen LogP) is 2.06. The van der Waals surface area contributed by atoms with Crippen LogP contribution in [0.2, 0.25) is 0 Å². The number of likely N-dealkylation sites (N-methyl/N-ethyl adjacent to an activating group) is 1. The van der Waals surface area contributed by atoms with Crippen molar-refractivity contribution in [3.05, 3.63) is 0 Å². The molecule has 1 saturated carbocycles. The Morgan fingerprint density at radius 3 is 2.52 bits per heavy atom. The SMILES string of the molecule is CN=C(NCC1(N(C)C)CCOCC1)NC1CCCN(C2CCCCC2)C1. The van der Waals surface area contributed by atoms with Crippen molar-refractivity contribution in [2.45, 2.75) is 75.4 Å². The summed E-state index contributed by atoms with van der Waals surface area (Å²) in [6.45, 7) is 5.06. The molecule has 2 aliphatic heterocycles. The van der Waals surface area contributed by atoms with Crippen LogP contribution in [0.1, 0.15) is 57.8 Å². The maximum atomic E-state index is 5.59. The molecule has 1 atom stereocenters. The number of likely N-dealkylation sites (tertiary alicyclic amines) is 1. The van der Waals surface area contributed by atoms with Crippen LogP contribution in [0.25, 0.3) is 0 Å². The molecule has 0 amide bonds. The van der Waals surface area contributed by atoms with Crippen molar-refractivity contribution in [1.82, 2.24) is 20.4 Å². The van der Waals surface area contributed by atoms with E-state index in [0.29, 0.717) is 6.04 Å². The topological polar surface area (TPSA) is 52.1 Å². The molecular formula is C21H41N5O. The average molecular weight is 380 g/mol. The second kappa shape index (κ2) is 10.1. The highest BCUT2D eigenvalue weighted by molar-refractivity contribution is 5.80. The van der Waals surface area contributed by atoms with Crippen LogP contribution >= 0.6 is 0 Å². The van der Waals surface area contributed by atoms with E-state index in [1.54, 1.807) is 0 Å². The lowest BCUT2D eigenvalue weighted by Gasteiger charge is -2.43. The first kappa shape index (κ1) is 20.9. The fourth-order valence-electron chi connectivity index (χ4n) is 5.07. The smallest absolute Gasteiger partial charge is 0.191 e.